The Kier molecular flexibility index (Phi) is 5.52. The molecule has 1 unspecified atom stereocenters. The van der Waals surface area contributed by atoms with E-state index in [0.717, 1.165) is 27.7 Å². The number of pyridine rings is 1. The van der Waals surface area contributed by atoms with Crippen molar-refractivity contribution >= 4 is 23.4 Å². The quantitative estimate of drug-likeness (QED) is 0.586. The van der Waals surface area contributed by atoms with Crippen molar-refractivity contribution in [1.82, 2.24) is 4.98 Å². The molecular formula is C17H16ClNS. The minimum atomic E-state index is 0.246. The summed E-state index contributed by atoms with van der Waals surface area (Å²) in [4.78, 5) is 5.55. The van der Waals surface area contributed by atoms with Crippen LogP contribution in [0.3, 0.4) is 0 Å². The summed E-state index contributed by atoms with van der Waals surface area (Å²) >= 11 is 7.74. The smallest absolute Gasteiger partial charge is 0.113 e. The zero-order valence-electron chi connectivity index (χ0n) is 11.6. The van der Waals surface area contributed by atoms with Gasteiger partial charge in [-0.15, -0.1) is 11.8 Å². The zero-order valence-corrected chi connectivity index (χ0v) is 13.1. The van der Waals surface area contributed by atoms with Crippen molar-refractivity contribution in [3.05, 3.63) is 58.9 Å². The molecule has 1 aromatic heterocycles. The van der Waals surface area contributed by atoms with Gasteiger partial charge in [-0.3, -0.25) is 0 Å². The summed E-state index contributed by atoms with van der Waals surface area (Å²) in [7, 11) is 0. The third-order valence-electron chi connectivity index (χ3n) is 2.69. The number of rotatable bonds is 3. The number of nitrogens with zero attached hydrogens (tertiary/aromatic N) is 1. The third-order valence-corrected chi connectivity index (χ3v) is 4.19. The van der Waals surface area contributed by atoms with Crippen molar-refractivity contribution < 1.29 is 0 Å². The molecule has 0 amide bonds. The predicted molar refractivity (Wildman–Crippen MR) is 87.2 cm³/mol. The van der Waals surface area contributed by atoms with Gasteiger partial charge >= 0.3 is 0 Å². The van der Waals surface area contributed by atoms with Crippen LogP contribution in [0.5, 0.6) is 0 Å². The van der Waals surface area contributed by atoms with Crippen LogP contribution in [0.25, 0.3) is 0 Å². The van der Waals surface area contributed by atoms with E-state index >= 15 is 0 Å². The van der Waals surface area contributed by atoms with E-state index < -0.39 is 0 Å². The molecule has 0 aliphatic rings. The van der Waals surface area contributed by atoms with Crippen LogP contribution >= 0.6 is 23.4 Å². The van der Waals surface area contributed by atoms with Crippen LogP contribution in [0, 0.1) is 18.8 Å². The van der Waals surface area contributed by atoms with Gasteiger partial charge < -0.3 is 0 Å². The molecule has 20 heavy (non-hydrogen) atoms. The summed E-state index contributed by atoms with van der Waals surface area (Å²) in [6, 6.07) is 13.8. The van der Waals surface area contributed by atoms with E-state index in [0.29, 0.717) is 0 Å². The molecule has 102 valence electrons. The zero-order chi connectivity index (χ0) is 14.4. The van der Waals surface area contributed by atoms with Crippen LogP contribution in [0.4, 0.5) is 0 Å². The van der Waals surface area contributed by atoms with E-state index in [4.69, 9.17) is 11.6 Å². The number of benzene rings is 1. The molecule has 0 bridgehead atoms. The van der Waals surface area contributed by atoms with E-state index in [1.165, 1.54) is 0 Å². The van der Waals surface area contributed by atoms with Crippen LogP contribution < -0.4 is 0 Å². The topological polar surface area (TPSA) is 12.9 Å². The Balaban J connectivity index is 2.10. The van der Waals surface area contributed by atoms with E-state index in [1.54, 1.807) is 11.8 Å². The Bertz CT molecular complexity index is 643. The van der Waals surface area contributed by atoms with Gasteiger partial charge in [0.2, 0.25) is 0 Å². The van der Waals surface area contributed by atoms with Crippen LogP contribution in [-0.4, -0.2) is 10.2 Å². The summed E-state index contributed by atoms with van der Waals surface area (Å²) in [5.74, 6) is 6.44. The number of hydrogen-bond donors (Lipinski definition) is 0. The molecule has 0 aliphatic carbocycles. The SMILES string of the molecule is CCC(C#Cc1cccc(C)n1)Sc1cccc(Cl)c1. The molecule has 0 fully saturated rings. The first-order valence-corrected chi connectivity index (χ1v) is 7.80. The van der Waals surface area contributed by atoms with Gasteiger partial charge in [-0.2, -0.15) is 0 Å². The molecule has 0 aliphatic heterocycles. The average Bonchev–Trinajstić information content (AvgIpc) is 2.43. The molecule has 1 aromatic carbocycles. The van der Waals surface area contributed by atoms with Crippen molar-refractivity contribution in [1.29, 1.82) is 0 Å². The van der Waals surface area contributed by atoms with Gasteiger partial charge in [0.05, 0.1) is 5.25 Å². The number of aryl methyl sites for hydroxylation is 1. The lowest BCUT2D eigenvalue weighted by molar-refractivity contribution is 0.998. The van der Waals surface area contributed by atoms with Crippen molar-refractivity contribution in [3.63, 3.8) is 0 Å². The lowest BCUT2D eigenvalue weighted by Gasteiger charge is -2.07. The van der Waals surface area contributed by atoms with Crippen molar-refractivity contribution in [2.75, 3.05) is 0 Å². The summed E-state index contributed by atoms with van der Waals surface area (Å²) in [5, 5.41) is 1.01. The lowest BCUT2D eigenvalue weighted by atomic mass is 10.3. The van der Waals surface area contributed by atoms with Crippen LogP contribution in [0.1, 0.15) is 24.7 Å². The van der Waals surface area contributed by atoms with Gasteiger partial charge in [0.1, 0.15) is 5.69 Å². The van der Waals surface area contributed by atoms with Crippen LogP contribution in [0.2, 0.25) is 5.02 Å². The van der Waals surface area contributed by atoms with Crippen molar-refractivity contribution in [2.45, 2.75) is 30.4 Å². The first kappa shape index (κ1) is 15.0. The second kappa shape index (κ2) is 7.38. The van der Waals surface area contributed by atoms with E-state index in [2.05, 4.69) is 29.8 Å². The fourth-order valence-electron chi connectivity index (χ4n) is 1.69. The van der Waals surface area contributed by atoms with Crippen LogP contribution in [-0.2, 0) is 0 Å². The summed E-state index contributed by atoms with van der Waals surface area (Å²) in [6.45, 7) is 4.11. The first-order valence-electron chi connectivity index (χ1n) is 6.55. The van der Waals surface area contributed by atoms with Gasteiger partial charge in [-0.05, 0) is 49.6 Å². The Morgan fingerprint density at radius 2 is 2.05 bits per heavy atom. The molecule has 0 saturated carbocycles. The normalized spacial score (nSPS) is 11.6. The highest BCUT2D eigenvalue weighted by atomic mass is 35.5. The number of halogens is 1. The van der Waals surface area contributed by atoms with Gasteiger partial charge in [-0.1, -0.05) is 36.6 Å². The number of aromatic nitrogens is 1. The molecule has 3 heteroatoms. The maximum Gasteiger partial charge on any atom is 0.113 e. The maximum absolute atomic E-state index is 6.00. The summed E-state index contributed by atoms with van der Waals surface area (Å²) < 4.78 is 0. The molecule has 0 N–H and O–H groups in total. The summed E-state index contributed by atoms with van der Waals surface area (Å²) in [6.07, 6.45) is 0.982. The monoisotopic (exact) mass is 301 g/mol. The Morgan fingerprint density at radius 3 is 2.75 bits per heavy atom. The second-order valence-corrected chi connectivity index (χ2v) is 6.12. The fourth-order valence-corrected chi connectivity index (χ4v) is 2.91. The molecule has 2 rings (SSSR count). The standard InChI is InChI=1S/C17H16ClNS/c1-3-16(20-17-9-5-7-14(18)12-17)11-10-15-8-4-6-13(2)19-15/h4-9,12,16H,3H2,1-2H3. The molecule has 2 aromatic rings. The maximum atomic E-state index is 6.00. The average molecular weight is 302 g/mol. The molecule has 0 saturated heterocycles. The Labute approximate surface area is 129 Å². The molecule has 0 radical (unpaired) electrons. The molecule has 0 spiro atoms. The molecular weight excluding hydrogens is 286 g/mol. The van der Waals surface area contributed by atoms with Gasteiger partial charge in [0.15, 0.2) is 0 Å². The second-order valence-electron chi connectivity index (χ2n) is 4.41. The molecule has 1 heterocycles. The van der Waals surface area contributed by atoms with E-state index in [1.807, 2.05) is 43.3 Å². The van der Waals surface area contributed by atoms with Gasteiger partial charge in [0.25, 0.3) is 0 Å². The van der Waals surface area contributed by atoms with E-state index in [-0.39, 0.29) is 5.25 Å². The minimum absolute atomic E-state index is 0.246. The third kappa shape index (κ3) is 4.59. The Hall–Kier alpha value is -1.43. The minimum Gasteiger partial charge on any atom is -0.245 e. The highest BCUT2D eigenvalue weighted by molar-refractivity contribution is 8.00. The number of hydrogen-bond acceptors (Lipinski definition) is 2. The highest BCUT2D eigenvalue weighted by Crippen LogP contribution is 2.27. The van der Waals surface area contributed by atoms with Crippen LogP contribution in [0.15, 0.2) is 47.4 Å². The van der Waals surface area contributed by atoms with Crippen molar-refractivity contribution in [2.24, 2.45) is 0 Å². The number of thioether (sulfide) groups is 1. The molecule has 1 atom stereocenters. The van der Waals surface area contributed by atoms with Gasteiger partial charge in [0, 0.05) is 15.6 Å². The largest absolute Gasteiger partial charge is 0.245 e. The predicted octanol–water partition coefficient (Wildman–Crippen LogP) is 4.97. The molecule has 1 nitrogen and oxygen atoms in total. The highest BCUT2D eigenvalue weighted by Gasteiger charge is 2.05. The lowest BCUT2D eigenvalue weighted by Crippen LogP contribution is -1.96. The first-order chi connectivity index (χ1) is 9.67. The Morgan fingerprint density at radius 1 is 1.25 bits per heavy atom. The van der Waals surface area contributed by atoms with Crippen molar-refractivity contribution in [3.8, 4) is 11.8 Å². The van der Waals surface area contributed by atoms with Gasteiger partial charge in [-0.25, -0.2) is 4.98 Å². The fraction of sp³-hybridized carbons (Fsp3) is 0.235. The van der Waals surface area contributed by atoms with E-state index in [9.17, 15) is 0 Å². The summed E-state index contributed by atoms with van der Waals surface area (Å²) in [5.41, 5.74) is 1.82.